The molecule has 1 aromatic heterocycles. The molecule has 1 atom stereocenters. The Morgan fingerprint density at radius 3 is 2.64 bits per heavy atom. The number of anilines is 1. The molecule has 0 amide bonds. The quantitative estimate of drug-likeness (QED) is 0.406. The maximum atomic E-state index is 13.6. The normalized spacial score (nSPS) is 13.7. The Bertz CT molecular complexity index is 898. The molecule has 0 saturated heterocycles. The van der Waals surface area contributed by atoms with Gasteiger partial charge in [-0.05, 0) is 56.0 Å². The lowest BCUT2D eigenvalue weighted by molar-refractivity contribution is 0.320. The van der Waals surface area contributed by atoms with E-state index in [-0.39, 0.29) is 11.5 Å². The summed E-state index contributed by atoms with van der Waals surface area (Å²) >= 11 is 0. The van der Waals surface area contributed by atoms with Crippen LogP contribution in [0, 0.1) is 13.8 Å². The second-order valence-electron chi connectivity index (χ2n) is 6.17. The van der Waals surface area contributed by atoms with Crippen molar-refractivity contribution < 1.29 is 23.6 Å². The zero-order valence-electron chi connectivity index (χ0n) is 16.9. The number of aromatic nitrogens is 1. The topological polar surface area (TPSA) is 89.9 Å². The molecule has 0 aliphatic carbocycles. The Morgan fingerprint density at radius 2 is 2.04 bits per heavy atom. The lowest BCUT2D eigenvalue weighted by atomic mass is 10.2. The van der Waals surface area contributed by atoms with Gasteiger partial charge in [-0.2, -0.15) is 4.62 Å². The molecule has 1 unspecified atom stereocenters. The molecule has 2 N–H and O–H groups in total. The summed E-state index contributed by atoms with van der Waals surface area (Å²) in [5.74, 6) is 0.843. The number of aromatic hydroxyl groups is 1. The van der Waals surface area contributed by atoms with E-state index in [1.54, 1.807) is 12.3 Å². The van der Waals surface area contributed by atoms with Crippen molar-refractivity contribution in [3.63, 3.8) is 0 Å². The standard InChI is InChI=1S/C20H27N2O5P/c1-6-8-17(7-2)28(24,26-16-9-10-19(25-5)18(23)13-16)27-22-20-15(4)14(3)11-12-21-20/h8-13,23H,6-7H2,1-5H3,(H,21,22)/b17-8+. The maximum absolute atomic E-state index is 13.6. The smallest absolute Gasteiger partial charge is 0.427 e. The fourth-order valence-electron chi connectivity index (χ4n) is 2.53. The highest BCUT2D eigenvalue weighted by atomic mass is 31.2. The zero-order valence-corrected chi connectivity index (χ0v) is 17.7. The summed E-state index contributed by atoms with van der Waals surface area (Å²) in [6, 6.07) is 6.31. The molecule has 2 aromatic rings. The monoisotopic (exact) mass is 406 g/mol. The van der Waals surface area contributed by atoms with Crippen molar-refractivity contribution in [1.82, 2.24) is 4.98 Å². The maximum Gasteiger partial charge on any atom is 0.427 e. The SMILES string of the molecule is CC/C=C(\CC)P(=O)(ONc1nccc(C)c1C)Oc1ccc(OC)c(O)c1. The highest BCUT2D eigenvalue weighted by Gasteiger charge is 2.32. The van der Waals surface area contributed by atoms with Gasteiger partial charge in [0.15, 0.2) is 17.3 Å². The van der Waals surface area contributed by atoms with Crippen LogP contribution in [0.15, 0.2) is 41.9 Å². The summed E-state index contributed by atoms with van der Waals surface area (Å²) < 4.78 is 30.0. The van der Waals surface area contributed by atoms with Crippen molar-refractivity contribution >= 4 is 13.4 Å². The number of phenolic OH excluding ortho intramolecular Hbond substituents is 1. The number of pyridine rings is 1. The first-order valence-corrected chi connectivity index (χ1v) is 10.6. The van der Waals surface area contributed by atoms with Crippen LogP contribution in [0.1, 0.15) is 37.8 Å². The number of hydrogen-bond donors (Lipinski definition) is 2. The van der Waals surface area contributed by atoms with Gasteiger partial charge in [-0.25, -0.2) is 15.0 Å². The number of ether oxygens (including phenoxy) is 1. The Morgan fingerprint density at radius 1 is 1.29 bits per heavy atom. The van der Waals surface area contributed by atoms with Crippen molar-refractivity contribution in [2.24, 2.45) is 0 Å². The lowest BCUT2D eigenvalue weighted by Gasteiger charge is -2.22. The summed E-state index contributed by atoms with van der Waals surface area (Å²) in [6.07, 6.45) is 4.62. The largest absolute Gasteiger partial charge is 0.504 e. The van der Waals surface area contributed by atoms with E-state index < -0.39 is 7.60 Å². The van der Waals surface area contributed by atoms with Gasteiger partial charge in [-0.15, -0.1) is 0 Å². The van der Waals surface area contributed by atoms with Crippen LogP contribution in [0.3, 0.4) is 0 Å². The lowest BCUT2D eigenvalue weighted by Crippen LogP contribution is -2.09. The van der Waals surface area contributed by atoms with E-state index in [4.69, 9.17) is 13.9 Å². The van der Waals surface area contributed by atoms with Crippen LogP contribution >= 0.6 is 7.60 Å². The number of phenols is 1. The van der Waals surface area contributed by atoms with Crippen molar-refractivity contribution in [1.29, 1.82) is 0 Å². The van der Waals surface area contributed by atoms with Gasteiger partial charge >= 0.3 is 7.60 Å². The number of rotatable bonds is 9. The molecule has 0 saturated carbocycles. The molecule has 7 nitrogen and oxygen atoms in total. The van der Waals surface area contributed by atoms with E-state index in [9.17, 15) is 9.67 Å². The van der Waals surface area contributed by atoms with Gasteiger partial charge in [0.05, 0.1) is 12.4 Å². The number of allylic oxidation sites excluding steroid dienone is 2. The first-order valence-electron chi connectivity index (χ1n) is 9.07. The van der Waals surface area contributed by atoms with Gasteiger partial charge < -0.3 is 14.4 Å². The van der Waals surface area contributed by atoms with Crippen LogP contribution in [-0.4, -0.2) is 17.2 Å². The van der Waals surface area contributed by atoms with Gasteiger partial charge in [0.1, 0.15) is 5.75 Å². The average molecular weight is 406 g/mol. The highest BCUT2D eigenvalue weighted by Crippen LogP contribution is 2.57. The molecule has 0 aliphatic heterocycles. The predicted octanol–water partition coefficient (Wildman–Crippen LogP) is 5.73. The van der Waals surface area contributed by atoms with Gasteiger partial charge in [0.25, 0.3) is 0 Å². The van der Waals surface area contributed by atoms with Crippen LogP contribution < -0.4 is 14.7 Å². The van der Waals surface area contributed by atoms with E-state index in [0.717, 1.165) is 11.1 Å². The minimum atomic E-state index is -3.75. The summed E-state index contributed by atoms with van der Waals surface area (Å²) in [7, 11) is -2.31. The van der Waals surface area contributed by atoms with Gasteiger partial charge in [-0.3, -0.25) is 0 Å². The van der Waals surface area contributed by atoms with Crippen molar-refractivity contribution in [3.05, 3.63) is 53.0 Å². The number of nitrogens with zero attached hydrogens (tertiary/aromatic N) is 1. The Kier molecular flexibility index (Phi) is 7.49. The number of aryl methyl sites for hydroxylation is 1. The van der Waals surface area contributed by atoms with Crippen molar-refractivity contribution in [2.75, 3.05) is 12.6 Å². The third-order valence-electron chi connectivity index (χ3n) is 4.27. The minimum absolute atomic E-state index is 0.117. The second kappa shape index (κ2) is 9.62. The van der Waals surface area contributed by atoms with Crippen LogP contribution in [0.25, 0.3) is 0 Å². The average Bonchev–Trinajstić information content (AvgIpc) is 2.67. The molecular weight excluding hydrogens is 379 g/mol. The molecule has 28 heavy (non-hydrogen) atoms. The summed E-state index contributed by atoms with van der Waals surface area (Å²) in [5.41, 5.74) is 4.61. The second-order valence-corrected chi connectivity index (χ2v) is 8.11. The van der Waals surface area contributed by atoms with E-state index in [1.165, 1.54) is 19.2 Å². The van der Waals surface area contributed by atoms with Crippen LogP contribution in [-0.2, 0) is 9.19 Å². The molecule has 1 aromatic carbocycles. The van der Waals surface area contributed by atoms with Gasteiger partial charge in [0, 0.05) is 12.3 Å². The van der Waals surface area contributed by atoms with E-state index >= 15 is 0 Å². The highest BCUT2D eigenvalue weighted by molar-refractivity contribution is 7.58. The van der Waals surface area contributed by atoms with Crippen LogP contribution in [0.2, 0.25) is 0 Å². The fraction of sp³-hybridized carbons (Fsp3) is 0.350. The molecule has 0 bridgehead atoms. The molecule has 0 fully saturated rings. The molecular formula is C20H27N2O5P. The van der Waals surface area contributed by atoms with E-state index in [1.807, 2.05) is 39.8 Å². The molecule has 2 rings (SSSR count). The minimum Gasteiger partial charge on any atom is -0.504 e. The Balaban J connectivity index is 2.34. The summed E-state index contributed by atoms with van der Waals surface area (Å²) in [4.78, 5) is 4.23. The summed E-state index contributed by atoms with van der Waals surface area (Å²) in [6.45, 7) is 7.66. The van der Waals surface area contributed by atoms with Crippen molar-refractivity contribution in [3.8, 4) is 17.2 Å². The molecule has 0 aliphatic rings. The Labute approximate surface area is 165 Å². The van der Waals surface area contributed by atoms with E-state index in [2.05, 4.69) is 10.5 Å². The fourth-order valence-corrected chi connectivity index (χ4v) is 4.19. The summed E-state index contributed by atoms with van der Waals surface area (Å²) in [5, 5.41) is 10.5. The molecule has 1 heterocycles. The van der Waals surface area contributed by atoms with Crippen molar-refractivity contribution in [2.45, 2.75) is 40.5 Å². The zero-order chi connectivity index (χ0) is 20.7. The van der Waals surface area contributed by atoms with Gasteiger partial charge in [0.2, 0.25) is 0 Å². The first kappa shape index (κ1) is 21.8. The van der Waals surface area contributed by atoms with Crippen LogP contribution in [0.5, 0.6) is 17.2 Å². The third kappa shape index (κ3) is 5.06. The first-order chi connectivity index (χ1) is 13.3. The number of benzene rings is 1. The number of hydrogen-bond acceptors (Lipinski definition) is 7. The molecule has 8 heteroatoms. The van der Waals surface area contributed by atoms with E-state index in [0.29, 0.717) is 29.7 Å². The number of methoxy groups -OCH3 is 1. The van der Waals surface area contributed by atoms with Gasteiger partial charge in [-0.1, -0.05) is 19.9 Å². The number of nitrogens with one attached hydrogen (secondary N) is 1. The Hall–Kier alpha value is -2.50. The molecule has 152 valence electrons. The van der Waals surface area contributed by atoms with Crippen LogP contribution in [0.4, 0.5) is 5.82 Å². The predicted molar refractivity (Wildman–Crippen MR) is 110 cm³/mol. The third-order valence-corrected chi connectivity index (χ3v) is 6.25. The molecule has 0 spiro atoms. The molecule has 0 radical (unpaired) electrons.